The summed E-state index contributed by atoms with van der Waals surface area (Å²) in [5, 5.41) is 2.62. The first kappa shape index (κ1) is 3.88. The Kier molecular flexibility index (Phi) is 0.721. The van der Waals surface area contributed by atoms with Crippen LogP contribution < -0.4 is 5.32 Å². The summed E-state index contributed by atoms with van der Waals surface area (Å²) in [7, 11) is 0. The average molecular weight is 133 g/mol. The van der Waals surface area contributed by atoms with E-state index in [9.17, 15) is 4.39 Å². The smallest absolute Gasteiger partial charge is 0.167 e. The van der Waals surface area contributed by atoms with Gasteiger partial charge in [-0.25, -0.2) is 4.39 Å². The average Bonchev–Trinajstić information content (AvgIpc) is 2.56. The second kappa shape index (κ2) is 1.67. The van der Waals surface area contributed by atoms with Gasteiger partial charge in [0.15, 0.2) is 5.79 Å². The van der Waals surface area contributed by atoms with E-state index in [1.165, 1.54) is 0 Å². The molecule has 0 aromatic carbocycles. The van der Waals surface area contributed by atoms with E-state index in [1.54, 1.807) is 0 Å². The van der Waals surface area contributed by atoms with Gasteiger partial charge < -0.3 is 4.74 Å². The third kappa shape index (κ3) is 0.843. The summed E-state index contributed by atoms with van der Waals surface area (Å²) in [5.74, 6) is -2.10. The van der Waals surface area contributed by atoms with Crippen LogP contribution in [0, 0.1) is 5.92 Å². The molecule has 0 radical (unpaired) electrons. The molecule has 1 saturated heterocycles. The Hall–Kier alpha value is -0.150. The second-order valence-corrected chi connectivity index (χ2v) is 2.51. The molecule has 2 atom stereocenters. The molecular formula is C6H10FNO. The monoisotopic (exact) mass is 133 g/mol. The van der Waals surface area contributed by atoms with Gasteiger partial charge in [0.05, 0.1) is 15.9 Å². The highest BCUT2D eigenvalue weighted by Gasteiger charge is 2.55. The first-order valence-corrected chi connectivity index (χ1v) is 3.12. The lowest BCUT2D eigenvalue weighted by Crippen LogP contribution is -2.29. The van der Waals surface area contributed by atoms with E-state index in [2.05, 4.69) is 5.32 Å². The molecule has 1 saturated carbocycles. The van der Waals surface area contributed by atoms with Gasteiger partial charge in [0.25, 0.3) is 0 Å². The number of alkyl halides is 1. The van der Waals surface area contributed by atoms with E-state index in [-0.39, 0.29) is 13.0 Å². The van der Waals surface area contributed by atoms with Crippen LogP contribution in [0.15, 0.2) is 0 Å². The van der Waals surface area contributed by atoms with Crippen LogP contribution >= 0.6 is 0 Å². The molecule has 1 aliphatic carbocycles. The van der Waals surface area contributed by atoms with E-state index in [0.29, 0.717) is 6.54 Å². The predicted octanol–water partition coefficient (Wildman–Crippen LogP) is 0.292. The maximum absolute atomic E-state index is 13.3. The van der Waals surface area contributed by atoms with Crippen LogP contribution in [0.25, 0.3) is 0 Å². The molecular weight excluding hydrogens is 121 g/mol. The van der Waals surface area contributed by atoms with Crippen molar-refractivity contribution in [2.24, 2.45) is 5.92 Å². The molecule has 1 aliphatic heterocycles. The highest BCUT2D eigenvalue weighted by Crippen LogP contribution is 2.45. The zero-order chi connectivity index (χ0) is 8.11. The van der Waals surface area contributed by atoms with E-state index in [4.69, 9.17) is 7.48 Å². The molecule has 2 nitrogen and oxygen atoms in total. The maximum atomic E-state index is 13.3. The minimum absolute atomic E-state index is 0.236. The first-order valence-electron chi connectivity index (χ1n) is 4.12. The molecule has 3 heteroatoms. The van der Waals surface area contributed by atoms with Gasteiger partial charge in [0.1, 0.15) is 0 Å². The van der Waals surface area contributed by atoms with Gasteiger partial charge in [-0.15, -0.1) is 0 Å². The van der Waals surface area contributed by atoms with Gasteiger partial charge in [-0.1, -0.05) is 0 Å². The standard InChI is InChI=1S/C6H10FNO/c7-6-3-5(6)4-9-2-1-8-6/h5,8H,1-4H2/i4D2. The summed E-state index contributed by atoms with van der Waals surface area (Å²) in [4.78, 5) is 0. The lowest BCUT2D eigenvalue weighted by Gasteiger charge is -2.03. The molecule has 2 aliphatic rings. The van der Waals surface area contributed by atoms with Gasteiger partial charge in [-0.2, -0.15) is 0 Å². The Balaban J connectivity index is 2.15. The lowest BCUT2D eigenvalue weighted by atomic mass is 10.4. The van der Waals surface area contributed by atoms with E-state index < -0.39 is 18.3 Å². The Morgan fingerprint density at radius 3 is 3.67 bits per heavy atom. The van der Waals surface area contributed by atoms with E-state index >= 15 is 0 Å². The zero-order valence-corrected chi connectivity index (χ0v) is 4.98. The molecule has 1 heterocycles. The van der Waals surface area contributed by atoms with E-state index in [0.717, 1.165) is 0 Å². The zero-order valence-electron chi connectivity index (χ0n) is 6.98. The molecule has 2 rings (SSSR count). The second-order valence-electron chi connectivity index (χ2n) is 2.51. The topological polar surface area (TPSA) is 21.3 Å². The Bertz CT molecular complexity index is 189. The highest BCUT2D eigenvalue weighted by atomic mass is 19.1. The van der Waals surface area contributed by atoms with Crippen LogP contribution in [0.5, 0.6) is 0 Å². The summed E-state index contributed by atoms with van der Waals surface area (Å²) in [6.07, 6.45) is 0.236. The number of halogens is 1. The maximum Gasteiger partial charge on any atom is 0.167 e. The third-order valence-electron chi connectivity index (χ3n) is 1.74. The van der Waals surface area contributed by atoms with Crippen LogP contribution in [0.2, 0.25) is 0 Å². The molecule has 2 unspecified atom stereocenters. The van der Waals surface area contributed by atoms with Crippen molar-refractivity contribution < 1.29 is 11.9 Å². The normalized spacial score (nSPS) is 58.6. The molecule has 52 valence electrons. The number of hydrogen-bond donors (Lipinski definition) is 1. The van der Waals surface area contributed by atoms with Crippen molar-refractivity contribution in [1.29, 1.82) is 0 Å². The van der Waals surface area contributed by atoms with Gasteiger partial charge in [-0.3, -0.25) is 5.32 Å². The van der Waals surface area contributed by atoms with Crippen LogP contribution in [-0.4, -0.2) is 25.5 Å². The largest absolute Gasteiger partial charge is 0.380 e. The van der Waals surface area contributed by atoms with Gasteiger partial charge in [-0.05, 0) is 0 Å². The highest BCUT2D eigenvalue weighted by molar-refractivity contribution is 5.02. The van der Waals surface area contributed by atoms with Gasteiger partial charge in [0.2, 0.25) is 0 Å². The molecule has 2 fully saturated rings. The SMILES string of the molecule is [2H]C1([2H])OCCNC2(F)CC21. The fraction of sp³-hybridized carbons (Fsp3) is 1.00. The molecule has 0 bridgehead atoms. The van der Waals surface area contributed by atoms with Crippen LogP contribution in [0.1, 0.15) is 9.16 Å². The molecule has 1 N–H and O–H groups in total. The van der Waals surface area contributed by atoms with Crippen molar-refractivity contribution in [3.63, 3.8) is 0 Å². The quantitative estimate of drug-likeness (QED) is 0.480. The van der Waals surface area contributed by atoms with Crippen LogP contribution in [-0.2, 0) is 4.74 Å². The van der Waals surface area contributed by atoms with Crippen molar-refractivity contribution in [2.75, 3.05) is 19.7 Å². The van der Waals surface area contributed by atoms with Crippen molar-refractivity contribution in [2.45, 2.75) is 12.2 Å². The lowest BCUT2D eigenvalue weighted by molar-refractivity contribution is 0.135. The number of ether oxygens (including phenoxy) is 1. The van der Waals surface area contributed by atoms with Crippen LogP contribution in [0.3, 0.4) is 0 Å². The molecule has 9 heavy (non-hydrogen) atoms. The summed E-state index contributed by atoms with van der Waals surface area (Å²) >= 11 is 0. The number of rotatable bonds is 0. The van der Waals surface area contributed by atoms with Crippen LogP contribution in [0.4, 0.5) is 4.39 Å². The number of fused-ring (bicyclic) bond motifs is 1. The molecule has 0 spiro atoms. The predicted molar refractivity (Wildman–Crippen MR) is 30.8 cm³/mol. The Morgan fingerprint density at radius 1 is 1.89 bits per heavy atom. The minimum Gasteiger partial charge on any atom is -0.380 e. The number of nitrogens with one attached hydrogen (secondary N) is 1. The number of hydrogen-bond acceptors (Lipinski definition) is 2. The fourth-order valence-electron chi connectivity index (χ4n) is 1.04. The van der Waals surface area contributed by atoms with E-state index in [1.807, 2.05) is 0 Å². The summed E-state index contributed by atoms with van der Waals surface area (Å²) in [6, 6.07) is 0. The Labute approximate surface area is 56.2 Å². The minimum atomic E-state index is -1.78. The summed E-state index contributed by atoms with van der Waals surface area (Å²) in [5.41, 5.74) is 0. The molecule has 0 amide bonds. The summed E-state index contributed by atoms with van der Waals surface area (Å²) in [6.45, 7) is -1.14. The van der Waals surface area contributed by atoms with Gasteiger partial charge >= 0.3 is 0 Å². The van der Waals surface area contributed by atoms with Crippen molar-refractivity contribution in [3.8, 4) is 0 Å². The third-order valence-corrected chi connectivity index (χ3v) is 1.74. The summed E-state index contributed by atoms with van der Waals surface area (Å²) < 4.78 is 32.7. The molecule has 0 aromatic rings. The van der Waals surface area contributed by atoms with Gasteiger partial charge in [0, 0.05) is 18.9 Å². The molecule has 0 aromatic heterocycles. The first-order chi connectivity index (χ1) is 5.05. The van der Waals surface area contributed by atoms with Crippen molar-refractivity contribution in [3.05, 3.63) is 0 Å². The van der Waals surface area contributed by atoms with Crippen molar-refractivity contribution >= 4 is 0 Å². The fourth-order valence-corrected chi connectivity index (χ4v) is 1.04. The van der Waals surface area contributed by atoms with Crippen molar-refractivity contribution in [1.82, 2.24) is 5.32 Å². The Morgan fingerprint density at radius 2 is 2.78 bits per heavy atom.